The number of nitrogens with zero attached hydrogens (tertiary/aromatic N) is 1. The lowest BCUT2D eigenvalue weighted by molar-refractivity contribution is 0.0693. The van der Waals surface area contributed by atoms with Crippen molar-refractivity contribution in [1.82, 2.24) is 4.90 Å². The lowest BCUT2D eigenvalue weighted by Gasteiger charge is -2.31. The van der Waals surface area contributed by atoms with Crippen molar-refractivity contribution in [2.24, 2.45) is 0 Å². The molecule has 29 heavy (non-hydrogen) atoms. The fraction of sp³-hybridized carbons (Fsp3) is 0.263. The third-order valence-electron chi connectivity index (χ3n) is 4.34. The summed E-state index contributed by atoms with van der Waals surface area (Å²) in [5.74, 6) is 0. The first-order valence-electron chi connectivity index (χ1n) is 8.75. The van der Waals surface area contributed by atoms with Gasteiger partial charge in [0.05, 0.1) is 20.1 Å². The number of halogens is 4. The van der Waals surface area contributed by atoms with Crippen LogP contribution in [0.5, 0.6) is 0 Å². The zero-order chi connectivity index (χ0) is 21.0. The number of ether oxygens (including phenoxy) is 1. The molecule has 3 rings (SSSR count). The molecule has 1 fully saturated rings. The molecule has 0 saturated carbocycles. The smallest absolute Gasteiger partial charge is 0.411 e. The molecule has 0 spiro atoms. The van der Waals surface area contributed by atoms with Crippen molar-refractivity contribution in [3.8, 4) is 0 Å². The number of carbonyl (C=O) groups excluding carboxylic acids is 2. The molecular formula is C19H17Cl4N3O3. The highest BCUT2D eigenvalue weighted by molar-refractivity contribution is 6.42. The van der Waals surface area contributed by atoms with Crippen LogP contribution in [0, 0.1) is 0 Å². The molecular weight excluding hydrogens is 460 g/mol. The Labute approximate surface area is 188 Å². The van der Waals surface area contributed by atoms with E-state index < -0.39 is 6.09 Å². The molecule has 2 aromatic rings. The molecule has 1 aliphatic heterocycles. The van der Waals surface area contributed by atoms with E-state index in [1.165, 1.54) is 0 Å². The van der Waals surface area contributed by atoms with Gasteiger partial charge in [-0.25, -0.2) is 9.59 Å². The van der Waals surface area contributed by atoms with Gasteiger partial charge in [0, 0.05) is 37.3 Å². The minimum absolute atomic E-state index is 0.248. The van der Waals surface area contributed by atoms with Crippen LogP contribution in [0.1, 0.15) is 12.8 Å². The van der Waals surface area contributed by atoms with Crippen molar-refractivity contribution < 1.29 is 14.3 Å². The summed E-state index contributed by atoms with van der Waals surface area (Å²) >= 11 is 23.6. The molecule has 10 heteroatoms. The number of hydrogen-bond acceptors (Lipinski definition) is 3. The Kier molecular flexibility index (Phi) is 7.35. The van der Waals surface area contributed by atoms with E-state index in [1.807, 2.05) is 0 Å². The van der Waals surface area contributed by atoms with E-state index in [9.17, 15) is 9.59 Å². The Morgan fingerprint density at radius 1 is 0.828 bits per heavy atom. The van der Waals surface area contributed by atoms with Gasteiger partial charge < -0.3 is 15.0 Å². The Balaban J connectivity index is 1.45. The van der Waals surface area contributed by atoms with Crippen LogP contribution in [0.25, 0.3) is 0 Å². The Hall–Kier alpha value is -1.86. The van der Waals surface area contributed by atoms with Crippen molar-refractivity contribution in [3.63, 3.8) is 0 Å². The number of urea groups is 1. The van der Waals surface area contributed by atoms with E-state index in [0.29, 0.717) is 57.4 Å². The summed E-state index contributed by atoms with van der Waals surface area (Å²) in [4.78, 5) is 26.1. The molecule has 1 heterocycles. The molecule has 1 aliphatic rings. The van der Waals surface area contributed by atoms with E-state index in [4.69, 9.17) is 51.1 Å². The topological polar surface area (TPSA) is 70.7 Å². The standard InChI is InChI=1S/C19H17Cl4N3O3/c20-14-3-1-11(9-16(14)22)24-18(27)26-7-5-13(6-8-26)29-19(28)25-12-2-4-15(21)17(23)10-12/h1-4,9-10,13H,5-8H2,(H,24,27)(H,25,28). The van der Waals surface area contributed by atoms with Crippen molar-refractivity contribution in [2.75, 3.05) is 23.7 Å². The monoisotopic (exact) mass is 475 g/mol. The molecule has 0 unspecified atom stereocenters. The van der Waals surface area contributed by atoms with Crippen LogP contribution in [0.3, 0.4) is 0 Å². The van der Waals surface area contributed by atoms with Crippen molar-refractivity contribution in [1.29, 1.82) is 0 Å². The largest absolute Gasteiger partial charge is 0.446 e. The molecule has 154 valence electrons. The quantitative estimate of drug-likeness (QED) is 0.527. The predicted octanol–water partition coefficient (Wildman–Crippen LogP) is 6.55. The molecule has 0 bridgehead atoms. The van der Waals surface area contributed by atoms with Crippen LogP contribution in [-0.4, -0.2) is 36.2 Å². The van der Waals surface area contributed by atoms with Gasteiger partial charge in [0.25, 0.3) is 0 Å². The summed E-state index contributed by atoms with van der Waals surface area (Å²) in [6, 6.07) is 9.39. The van der Waals surface area contributed by atoms with Gasteiger partial charge in [-0.05, 0) is 36.4 Å². The maximum atomic E-state index is 12.4. The first kappa shape index (κ1) is 21.8. The maximum absolute atomic E-state index is 12.4. The molecule has 6 nitrogen and oxygen atoms in total. The molecule has 2 N–H and O–H groups in total. The van der Waals surface area contributed by atoms with Crippen LogP contribution in [0.15, 0.2) is 36.4 Å². The molecule has 0 atom stereocenters. The van der Waals surface area contributed by atoms with E-state index in [-0.39, 0.29) is 12.1 Å². The fourth-order valence-electron chi connectivity index (χ4n) is 2.83. The number of nitrogens with one attached hydrogen (secondary N) is 2. The van der Waals surface area contributed by atoms with Gasteiger partial charge in [0.15, 0.2) is 0 Å². The van der Waals surface area contributed by atoms with E-state index >= 15 is 0 Å². The number of rotatable bonds is 3. The van der Waals surface area contributed by atoms with Crippen LogP contribution in [0.2, 0.25) is 20.1 Å². The molecule has 0 aliphatic carbocycles. The summed E-state index contributed by atoms with van der Waals surface area (Å²) in [6.45, 7) is 0.912. The molecule has 0 aromatic heterocycles. The van der Waals surface area contributed by atoms with E-state index in [1.54, 1.807) is 41.3 Å². The Morgan fingerprint density at radius 3 is 1.86 bits per heavy atom. The zero-order valence-corrected chi connectivity index (χ0v) is 18.1. The van der Waals surface area contributed by atoms with Crippen LogP contribution < -0.4 is 10.6 Å². The number of piperidine rings is 1. The summed E-state index contributed by atoms with van der Waals surface area (Å²) in [5.41, 5.74) is 1.05. The molecule has 1 saturated heterocycles. The normalized spacial score (nSPS) is 14.4. The van der Waals surface area contributed by atoms with E-state index in [2.05, 4.69) is 10.6 Å². The summed E-state index contributed by atoms with van der Waals surface area (Å²) in [5, 5.41) is 6.91. The highest BCUT2D eigenvalue weighted by Crippen LogP contribution is 2.26. The summed E-state index contributed by atoms with van der Waals surface area (Å²) in [7, 11) is 0. The van der Waals surface area contributed by atoms with Crippen molar-refractivity contribution in [3.05, 3.63) is 56.5 Å². The summed E-state index contributed by atoms with van der Waals surface area (Å²) in [6.07, 6.45) is 0.196. The summed E-state index contributed by atoms with van der Waals surface area (Å²) < 4.78 is 5.42. The van der Waals surface area contributed by atoms with Gasteiger partial charge in [-0.2, -0.15) is 0 Å². The SMILES string of the molecule is O=C(Nc1ccc(Cl)c(Cl)c1)OC1CCN(C(=O)Nc2ccc(Cl)c(Cl)c2)CC1. The number of likely N-dealkylation sites (tertiary alicyclic amines) is 1. The third-order valence-corrected chi connectivity index (χ3v) is 5.82. The third kappa shape index (κ3) is 6.06. The van der Waals surface area contributed by atoms with Gasteiger partial charge in [0.1, 0.15) is 6.10 Å². The Bertz CT molecular complexity index is 918. The van der Waals surface area contributed by atoms with Crippen molar-refractivity contribution >= 4 is 69.9 Å². The van der Waals surface area contributed by atoms with Crippen LogP contribution in [-0.2, 0) is 4.74 Å². The average molecular weight is 477 g/mol. The molecule has 2 aromatic carbocycles. The second kappa shape index (κ2) is 9.76. The van der Waals surface area contributed by atoms with Gasteiger partial charge >= 0.3 is 12.1 Å². The minimum Gasteiger partial charge on any atom is -0.446 e. The van der Waals surface area contributed by atoms with Crippen molar-refractivity contribution in [2.45, 2.75) is 18.9 Å². The molecule has 3 amide bonds. The number of carbonyl (C=O) groups is 2. The Morgan fingerprint density at radius 2 is 1.34 bits per heavy atom. The maximum Gasteiger partial charge on any atom is 0.411 e. The average Bonchev–Trinajstić information content (AvgIpc) is 2.68. The number of amides is 3. The van der Waals surface area contributed by atoms with Gasteiger partial charge in [-0.15, -0.1) is 0 Å². The number of benzene rings is 2. The lowest BCUT2D eigenvalue weighted by atomic mass is 10.1. The highest BCUT2D eigenvalue weighted by atomic mass is 35.5. The second-order valence-corrected chi connectivity index (χ2v) is 8.03. The number of hydrogen-bond donors (Lipinski definition) is 2. The van der Waals surface area contributed by atoms with Crippen LogP contribution >= 0.6 is 46.4 Å². The second-order valence-electron chi connectivity index (χ2n) is 6.40. The van der Waals surface area contributed by atoms with Crippen LogP contribution in [0.4, 0.5) is 21.0 Å². The fourth-order valence-corrected chi connectivity index (χ4v) is 3.42. The van der Waals surface area contributed by atoms with Gasteiger partial charge in [-0.3, -0.25) is 5.32 Å². The van der Waals surface area contributed by atoms with Gasteiger partial charge in [0.2, 0.25) is 0 Å². The van der Waals surface area contributed by atoms with E-state index in [0.717, 1.165) is 0 Å². The number of anilines is 2. The first-order chi connectivity index (χ1) is 13.8. The zero-order valence-electron chi connectivity index (χ0n) is 15.1. The predicted molar refractivity (Wildman–Crippen MR) is 117 cm³/mol. The molecule has 0 radical (unpaired) electrons. The van der Waals surface area contributed by atoms with Gasteiger partial charge in [-0.1, -0.05) is 46.4 Å². The lowest BCUT2D eigenvalue weighted by Crippen LogP contribution is -2.43. The minimum atomic E-state index is -0.581. The highest BCUT2D eigenvalue weighted by Gasteiger charge is 2.25. The first-order valence-corrected chi connectivity index (χ1v) is 10.3.